The fourth-order valence-electron chi connectivity index (χ4n) is 3.38. The van der Waals surface area contributed by atoms with Gasteiger partial charge >= 0.3 is 5.69 Å². The van der Waals surface area contributed by atoms with Gasteiger partial charge in [0.15, 0.2) is 6.61 Å². The Labute approximate surface area is 190 Å². The lowest BCUT2D eigenvalue weighted by molar-refractivity contribution is -0.387. The molecule has 2 aromatic carbocycles. The Kier molecular flexibility index (Phi) is 7.82. The van der Waals surface area contributed by atoms with E-state index in [1.54, 1.807) is 6.92 Å². The Morgan fingerprint density at radius 3 is 2.52 bits per heavy atom. The molecule has 178 valence electrons. The van der Waals surface area contributed by atoms with Crippen molar-refractivity contribution in [3.8, 4) is 11.5 Å². The number of hydrogen-bond acceptors (Lipinski definition) is 7. The predicted molar refractivity (Wildman–Crippen MR) is 117 cm³/mol. The van der Waals surface area contributed by atoms with Gasteiger partial charge in [-0.15, -0.1) is 0 Å². The standard InChI is InChI=1S/C21H24FN3O7S/c1-2-31-19-9-6-15(12-20(19)33(29,30)24-10-4-3-5-11-24)23-21(26)14-32-16-7-8-18(25(27)28)17(22)13-16/h6-9,12-13H,2-5,10-11,14H2,1H3,(H,23,26). The number of carbonyl (C=O) groups is 1. The van der Waals surface area contributed by atoms with E-state index in [4.69, 9.17) is 9.47 Å². The molecule has 0 radical (unpaired) electrons. The van der Waals surface area contributed by atoms with Gasteiger partial charge in [-0.3, -0.25) is 14.9 Å². The summed E-state index contributed by atoms with van der Waals surface area (Å²) >= 11 is 0. The van der Waals surface area contributed by atoms with E-state index in [-0.39, 0.29) is 28.7 Å². The van der Waals surface area contributed by atoms with Gasteiger partial charge in [-0.1, -0.05) is 6.42 Å². The van der Waals surface area contributed by atoms with E-state index in [2.05, 4.69) is 5.32 Å². The summed E-state index contributed by atoms with van der Waals surface area (Å²) in [5.74, 6) is -1.58. The van der Waals surface area contributed by atoms with Crippen molar-refractivity contribution in [1.29, 1.82) is 0 Å². The average molecular weight is 482 g/mol. The van der Waals surface area contributed by atoms with Crippen LogP contribution in [0.1, 0.15) is 26.2 Å². The summed E-state index contributed by atoms with van der Waals surface area (Å²) in [6.07, 6.45) is 2.53. The third-order valence-electron chi connectivity index (χ3n) is 4.95. The SMILES string of the molecule is CCOc1ccc(NC(=O)COc2ccc([N+](=O)[O-])c(F)c2)cc1S(=O)(=O)N1CCCCC1. The monoisotopic (exact) mass is 481 g/mol. The lowest BCUT2D eigenvalue weighted by Crippen LogP contribution is -2.35. The van der Waals surface area contributed by atoms with E-state index in [1.807, 2.05) is 0 Å². The molecule has 1 aliphatic heterocycles. The number of nitrogens with one attached hydrogen (secondary N) is 1. The van der Waals surface area contributed by atoms with Gasteiger partial charge in [0.25, 0.3) is 5.91 Å². The number of ether oxygens (including phenoxy) is 2. The third-order valence-corrected chi connectivity index (χ3v) is 6.87. The summed E-state index contributed by atoms with van der Waals surface area (Å²) in [6.45, 7) is 2.34. The Morgan fingerprint density at radius 2 is 1.88 bits per heavy atom. The molecule has 1 aliphatic rings. The van der Waals surface area contributed by atoms with Gasteiger partial charge in [0, 0.05) is 30.9 Å². The number of halogens is 1. The maximum atomic E-state index is 13.7. The summed E-state index contributed by atoms with van der Waals surface area (Å²) in [5.41, 5.74) is -0.485. The van der Waals surface area contributed by atoms with Gasteiger partial charge in [0.05, 0.1) is 11.5 Å². The zero-order chi connectivity index (χ0) is 24.0. The average Bonchev–Trinajstić information content (AvgIpc) is 2.79. The number of nitrogens with zero attached hydrogens (tertiary/aromatic N) is 2. The molecule has 0 spiro atoms. The van der Waals surface area contributed by atoms with E-state index in [9.17, 15) is 27.7 Å². The van der Waals surface area contributed by atoms with Crippen LogP contribution in [0.5, 0.6) is 11.5 Å². The maximum absolute atomic E-state index is 13.7. The molecule has 2 aromatic rings. The van der Waals surface area contributed by atoms with Crippen LogP contribution in [0.25, 0.3) is 0 Å². The maximum Gasteiger partial charge on any atom is 0.305 e. The van der Waals surface area contributed by atoms with Crippen molar-refractivity contribution in [2.45, 2.75) is 31.1 Å². The second-order valence-electron chi connectivity index (χ2n) is 7.27. The molecule has 0 aliphatic carbocycles. The number of hydrogen-bond donors (Lipinski definition) is 1. The van der Waals surface area contributed by atoms with Crippen molar-refractivity contribution < 1.29 is 32.0 Å². The predicted octanol–water partition coefficient (Wildman–Crippen LogP) is 3.32. The molecule has 1 N–H and O–H groups in total. The minimum Gasteiger partial charge on any atom is -0.492 e. The lowest BCUT2D eigenvalue weighted by atomic mass is 10.2. The summed E-state index contributed by atoms with van der Waals surface area (Å²) in [5, 5.41) is 13.2. The van der Waals surface area contributed by atoms with Crippen molar-refractivity contribution >= 4 is 27.3 Å². The lowest BCUT2D eigenvalue weighted by Gasteiger charge is -2.27. The van der Waals surface area contributed by atoms with Gasteiger partial charge in [-0.05, 0) is 44.0 Å². The molecule has 1 fully saturated rings. The van der Waals surface area contributed by atoms with Crippen molar-refractivity contribution in [3.63, 3.8) is 0 Å². The highest BCUT2D eigenvalue weighted by molar-refractivity contribution is 7.89. The highest BCUT2D eigenvalue weighted by atomic mass is 32.2. The molecule has 0 saturated carbocycles. The number of piperidine rings is 1. The van der Waals surface area contributed by atoms with Crippen LogP contribution in [0.3, 0.4) is 0 Å². The molecule has 0 unspecified atom stereocenters. The van der Waals surface area contributed by atoms with Gasteiger partial charge < -0.3 is 14.8 Å². The minimum atomic E-state index is -3.82. The molecule has 3 rings (SSSR count). The molecule has 0 bridgehead atoms. The van der Waals surface area contributed by atoms with Crippen LogP contribution < -0.4 is 14.8 Å². The molecule has 10 nitrogen and oxygen atoms in total. The fraction of sp³-hybridized carbons (Fsp3) is 0.381. The molecule has 1 saturated heterocycles. The minimum absolute atomic E-state index is 0.0394. The summed E-state index contributed by atoms with van der Waals surface area (Å²) in [4.78, 5) is 22.1. The number of nitro benzene ring substituents is 1. The largest absolute Gasteiger partial charge is 0.492 e. The van der Waals surface area contributed by atoms with Crippen molar-refractivity contribution in [1.82, 2.24) is 4.31 Å². The molecule has 0 atom stereocenters. The Morgan fingerprint density at radius 1 is 1.15 bits per heavy atom. The van der Waals surface area contributed by atoms with Crippen molar-refractivity contribution in [2.75, 3.05) is 31.6 Å². The fourth-order valence-corrected chi connectivity index (χ4v) is 5.05. The summed E-state index contributed by atoms with van der Waals surface area (Å²) in [7, 11) is -3.82. The molecule has 1 amide bonds. The zero-order valence-electron chi connectivity index (χ0n) is 18.0. The Hall–Kier alpha value is -3.25. The topological polar surface area (TPSA) is 128 Å². The highest BCUT2D eigenvalue weighted by Crippen LogP contribution is 2.31. The smallest absolute Gasteiger partial charge is 0.305 e. The van der Waals surface area contributed by atoms with Gasteiger partial charge in [-0.25, -0.2) is 8.42 Å². The van der Waals surface area contributed by atoms with Crippen molar-refractivity contribution in [3.05, 3.63) is 52.3 Å². The first-order valence-corrected chi connectivity index (χ1v) is 11.8. The van der Waals surface area contributed by atoms with E-state index in [0.717, 1.165) is 31.4 Å². The summed E-state index contributed by atoms with van der Waals surface area (Å²) < 4.78 is 52.1. The van der Waals surface area contributed by atoms with E-state index >= 15 is 0 Å². The van der Waals surface area contributed by atoms with Crippen LogP contribution in [0, 0.1) is 15.9 Å². The number of sulfonamides is 1. The first-order valence-electron chi connectivity index (χ1n) is 10.4. The number of benzene rings is 2. The van der Waals surface area contributed by atoms with Crippen molar-refractivity contribution in [2.24, 2.45) is 0 Å². The first-order chi connectivity index (χ1) is 15.7. The van der Waals surface area contributed by atoms with E-state index < -0.39 is 39.0 Å². The first kappa shape index (κ1) is 24.4. The van der Waals surface area contributed by atoms with Crippen LogP contribution in [-0.4, -0.2) is 49.9 Å². The van der Waals surface area contributed by atoms with Gasteiger partial charge in [-0.2, -0.15) is 8.70 Å². The molecule has 0 aromatic heterocycles. The van der Waals surface area contributed by atoms with Crippen LogP contribution in [-0.2, 0) is 14.8 Å². The quantitative estimate of drug-likeness (QED) is 0.430. The molecule has 12 heteroatoms. The molecule has 1 heterocycles. The number of nitro groups is 1. The zero-order valence-corrected chi connectivity index (χ0v) is 18.8. The Balaban J connectivity index is 1.73. The molecular formula is C21H24FN3O7S. The number of carbonyl (C=O) groups excluding carboxylic acids is 1. The molecule has 33 heavy (non-hydrogen) atoms. The Bertz CT molecular complexity index is 1130. The molecular weight excluding hydrogens is 457 g/mol. The van der Waals surface area contributed by atoms with Crippen LogP contribution in [0.15, 0.2) is 41.3 Å². The highest BCUT2D eigenvalue weighted by Gasteiger charge is 2.29. The second kappa shape index (κ2) is 10.6. The van der Waals surface area contributed by atoms with Crippen LogP contribution in [0.2, 0.25) is 0 Å². The van der Waals surface area contributed by atoms with Gasteiger partial charge in [0.1, 0.15) is 16.4 Å². The normalized spacial score (nSPS) is 14.5. The van der Waals surface area contributed by atoms with Gasteiger partial charge in [0.2, 0.25) is 15.8 Å². The number of anilines is 1. The van der Waals surface area contributed by atoms with Crippen LogP contribution in [0.4, 0.5) is 15.8 Å². The third kappa shape index (κ3) is 5.96. The number of rotatable bonds is 9. The van der Waals surface area contributed by atoms with Crippen LogP contribution >= 0.6 is 0 Å². The van der Waals surface area contributed by atoms with E-state index in [0.29, 0.717) is 13.1 Å². The number of amides is 1. The van der Waals surface area contributed by atoms with E-state index in [1.165, 1.54) is 28.6 Å². The second-order valence-corrected chi connectivity index (χ2v) is 9.17. The summed E-state index contributed by atoms with van der Waals surface area (Å²) in [6, 6.07) is 7.23.